The van der Waals surface area contributed by atoms with Gasteiger partial charge in [0.2, 0.25) is 11.8 Å². The SMILES string of the molecule is COc1ccc(C(=O)Nc2nc(NC(=O)c3ccc(CO)cc3)cc(OC)n2)cc1. The minimum Gasteiger partial charge on any atom is -0.497 e. The predicted octanol–water partition coefficient (Wildman–Crippen LogP) is 2.49. The number of nitrogens with zero attached hydrogens (tertiary/aromatic N) is 2. The molecule has 154 valence electrons. The molecule has 0 aliphatic heterocycles. The van der Waals surface area contributed by atoms with Crippen molar-refractivity contribution in [1.29, 1.82) is 0 Å². The molecule has 9 nitrogen and oxygen atoms in total. The van der Waals surface area contributed by atoms with E-state index in [0.717, 1.165) is 0 Å². The standard InChI is InChI=1S/C21H20N4O5/c1-29-16-9-7-15(8-10-16)20(28)25-21-23-17(11-18(24-21)30-2)22-19(27)14-5-3-13(12-26)4-6-14/h3-11,26H,12H2,1-2H3,(H2,22,23,24,25,27,28). The molecule has 0 saturated carbocycles. The summed E-state index contributed by atoms with van der Waals surface area (Å²) in [6.07, 6.45) is 0. The van der Waals surface area contributed by atoms with Crippen LogP contribution >= 0.6 is 0 Å². The lowest BCUT2D eigenvalue weighted by molar-refractivity contribution is 0.101. The summed E-state index contributed by atoms with van der Waals surface area (Å²) in [5, 5.41) is 14.3. The highest BCUT2D eigenvalue weighted by Gasteiger charge is 2.13. The van der Waals surface area contributed by atoms with Crippen LogP contribution in [0.25, 0.3) is 0 Å². The van der Waals surface area contributed by atoms with E-state index < -0.39 is 11.8 Å². The van der Waals surface area contributed by atoms with Crippen molar-refractivity contribution in [3.8, 4) is 11.6 Å². The Morgan fingerprint density at radius 3 is 2.03 bits per heavy atom. The summed E-state index contributed by atoms with van der Waals surface area (Å²) in [6, 6.07) is 14.4. The van der Waals surface area contributed by atoms with Gasteiger partial charge in [0.1, 0.15) is 11.6 Å². The zero-order valence-electron chi connectivity index (χ0n) is 16.4. The Morgan fingerprint density at radius 2 is 1.47 bits per heavy atom. The Labute approximate surface area is 172 Å². The highest BCUT2D eigenvalue weighted by molar-refractivity contribution is 6.05. The van der Waals surface area contributed by atoms with Crippen LogP contribution in [0.15, 0.2) is 54.6 Å². The van der Waals surface area contributed by atoms with Gasteiger partial charge in [0.15, 0.2) is 0 Å². The first-order valence-electron chi connectivity index (χ1n) is 8.92. The topological polar surface area (TPSA) is 123 Å². The molecule has 9 heteroatoms. The molecule has 0 bridgehead atoms. The predicted molar refractivity (Wildman–Crippen MR) is 110 cm³/mol. The number of aromatic nitrogens is 2. The molecule has 0 unspecified atom stereocenters. The monoisotopic (exact) mass is 408 g/mol. The molecule has 1 heterocycles. The van der Waals surface area contributed by atoms with Crippen molar-refractivity contribution < 1.29 is 24.2 Å². The number of anilines is 2. The number of ether oxygens (including phenoxy) is 2. The molecule has 3 rings (SSSR count). The highest BCUT2D eigenvalue weighted by Crippen LogP contribution is 2.18. The second-order valence-electron chi connectivity index (χ2n) is 6.11. The van der Waals surface area contributed by atoms with E-state index in [-0.39, 0.29) is 24.3 Å². The number of aliphatic hydroxyl groups is 1. The van der Waals surface area contributed by atoms with Crippen molar-refractivity contribution in [3.05, 3.63) is 71.3 Å². The average molecular weight is 408 g/mol. The van der Waals surface area contributed by atoms with Gasteiger partial charge in [-0.25, -0.2) is 0 Å². The lowest BCUT2D eigenvalue weighted by Crippen LogP contribution is -2.17. The number of carbonyl (C=O) groups excluding carboxylic acids is 2. The van der Waals surface area contributed by atoms with Crippen LogP contribution < -0.4 is 20.1 Å². The van der Waals surface area contributed by atoms with Gasteiger partial charge in [-0.05, 0) is 42.0 Å². The summed E-state index contributed by atoms with van der Waals surface area (Å²) in [4.78, 5) is 33.1. The maximum atomic E-state index is 12.5. The maximum absolute atomic E-state index is 12.5. The van der Waals surface area contributed by atoms with Crippen molar-refractivity contribution in [2.45, 2.75) is 6.61 Å². The van der Waals surface area contributed by atoms with Gasteiger partial charge in [-0.2, -0.15) is 9.97 Å². The van der Waals surface area contributed by atoms with Crippen LogP contribution in [-0.4, -0.2) is 41.1 Å². The fraction of sp³-hybridized carbons (Fsp3) is 0.143. The second-order valence-corrected chi connectivity index (χ2v) is 6.11. The summed E-state index contributed by atoms with van der Waals surface area (Å²) in [5.41, 5.74) is 1.46. The number of hydrogen-bond acceptors (Lipinski definition) is 7. The first-order chi connectivity index (χ1) is 14.5. The zero-order valence-corrected chi connectivity index (χ0v) is 16.4. The molecule has 0 spiro atoms. The number of amides is 2. The first kappa shape index (κ1) is 20.7. The summed E-state index contributed by atoms with van der Waals surface area (Å²) in [6.45, 7) is -0.109. The van der Waals surface area contributed by atoms with E-state index in [4.69, 9.17) is 14.6 Å². The largest absolute Gasteiger partial charge is 0.497 e. The van der Waals surface area contributed by atoms with Crippen LogP contribution in [-0.2, 0) is 6.61 Å². The maximum Gasteiger partial charge on any atom is 0.258 e. The molecule has 1 aromatic heterocycles. The zero-order chi connectivity index (χ0) is 21.5. The third kappa shape index (κ3) is 5.09. The van der Waals surface area contributed by atoms with Crippen LogP contribution in [0.3, 0.4) is 0 Å². The van der Waals surface area contributed by atoms with E-state index in [9.17, 15) is 9.59 Å². The van der Waals surface area contributed by atoms with E-state index >= 15 is 0 Å². The van der Waals surface area contributed by atoms with Crippen LogP contribution in [0.4, 0.5) is 11.8 Å². The van der Waals surface area contributed by atoms with E-state index in [1.807, 2.05) is 0 Å². The Balaban J connectivity index is 1.76. The van der Waals surface area contributed by atoms with Gasteiger partial charge in [0, 0.05) is 17.2 Å². The molecule has 2 amide bonds. The van der Waals surface area contributed by atoms with E-state index in [1.54, 1.807) is 48.5 Å². The van der Waals surface area contributed by atoms with Crippen LogP contribution in [0.1, 0.15) is 26.3 Å². The molecule has 3 aromatic rings. The third-order valence-electron chi connectivity index (χ3n) is 4.13. The summed E-state index contributed by atoms with van der Waals surface area (Å²) >= 11 is 0. The summed E-state index contributed by atoms with van der Waals surface area (Å²) < 4.78 is 10.2. The Kier molecular flexibility index (Phi) is 6.56. The molecule has 0 radical (unpaired) electrons. The molecular formula is C21H20N4O5. The lowest BCUT2D eigenvalue weighted by atomic mass is 10.1. The van der Waals surface area contributed by atoms with E-state index in [0.29, 0.717) is 22.4 Å². The molecule has 2 aromatic carbocycles. The third-order valence-corrected chi connectivity index (χ3v) is 4.13. The van der Waals surface area contributed by atoms with Gasteiger partial charge in [-0.3, -0.25) is 14.9 Å². The van der Waals surface area contributed by atoms with E-state index in [2.05, 4.69) is 20.6 Å². The highest BCUT2D eigenvalue weighted by atomic mass is 16.5. The van der Waals surface area contributed by atoms with Crippen molar-refractivity contribution in [2.24, 2.45) is 0 Å². The second kappa shape index (κ2) is 9.48. The molecular weight excluding hydrogens is 388 g/mol. The van der Waals surface area contributed by atoms with Gasteiger partial charge in [0.25, 0.3) is 11.8 Å². The average Bonchev–Trinajstić information content (AvgIpc) is 2.78. The summed E-state index contributed by atoms with van der Waals surface area (Å²) in [5.74, 6) is 0.0850. The van der Waals surface area contributed by atoms with Crippen LogP contribution in [0.5, 0.6) is 11.6 Å². The molecule has 30 heavy (non-hydrogen) atoms. The van der Waals surface area contributed by atoms with E-state index in [1.165, 1.54) is 20.3 Å². The molecule has 0 aliphatic rings. The minimum absolute atomic E-state index is 0.0268. The minimum atomic E-state index is -0.428. The van der Waals surface area contributed by atoms with Crippen molar-refractivity contribution >= 4 is 23.6 Å². The normalized spacial score (nSPS) is 10.2. The Bertz CT molecular complexity index is 957. The Morgan fingerprint density at radius 1 is 0.867 bits per heavy atom. The van der Waals surface area contributed by atoms with Crippen molar-refractivity contribution in [3.63, 3.8) is 0 Å². The van der Waals surface area contributed by atoms with Gasteiger partial charge < -0.3 is 19.9 Å². The quantitative estimate of drug-likeness (QED) is 0.549. The van der Waals surface area contributed by atoms with Gasteiger partial charge in [-0.15, -0.1) is 0 Å². The molecule has 0 atom stereocenters. The number of benzene rings is 2. The number of nitrogens with one attached hydrogen (secondary N) is 2. The first-order valence-corrected chi connectivity index (χ1v) is 8.92. The molecule has 0 fully saturated rings. The van der Waals surface area contributed by atoms with Crippen LogP contribution in [0, 0.1) is 0 Å². The molecule has 0 aliphatic carbocycles. The fourth-order valence-electron chi connectivity index (χ4n) is 2.52. The molecule has 0 saturated heterocycles. The van der Waals surface area contributed by atoms with Crippen molar-refractivity contribution in [2.75, 3.05) is 24.9 Å². The number of rotatable bonds is 7. The number of methoxy groups -OCH3 is 2. The lowest BCUT2D eigenvalue weighted by Gasteiger charge is -2.10. The van der Waals surface area contributed by atoms with Gasteiger partial charge in [-0.1, -0.05) is 12.1 Å². The Hall–Kier alpha value is -3.98. The summed E-state index contributed by atoms with van der Waals surface area (Å²) in [7, 11) is 2.95. The van der Waals surface area contributed by atoms with Gasteiger partial charge in [0.05, 0.1) is 20.8 Å². The number of aliphatic hydroxyl groups excluding tert-OH is 1. The molecule has 3 N–H and O–H groups in total. The number of hydrogen-bond donors (Lipinski definition) is 3. The smallest absolute Gasteiger partial charge is 0.258 e. The fourth-order valence-corrected chi connectivity index (χ4v) is 2.52. The number of carbonyl (C=O) groups is 2. The van der Waals surface area contributed by atoms with Crippen LogP contribution in [0.2, 0.25) is 0 Å². The van der Waals surface area contributed by atoms with Gasteiger partial charge >= 0.3 is 0 Å². The van der Waals surface area contributed by atoms with Crippen molar-refractivity contribution in [1.82, 2.24) is 9.97 Å².